The van der Waals surface area contributed by atoms with Crippen molar-refractivity contribution in [3.8, 4) is 39.5 Å². The van der Waals surface area contributed by atoms with Crippen molar-refractivity contribution in [3.05, 3.63) is 161 Å². The molecule has 5 heteroatoms. The van der Waals surface area contributed by atoms with Gasteiger partial charge in [-0.3, -0.25) is 9.38 Å². The highest BCUT2D eigenvalue weighted by Crippen LogP contribution is 2.57. The van der Waals surface area contributed by atoms with Gasteiger partial charge in [-0.15, -0.1) is 10.2 Å². The van der Waals surface area contributed by atoms with E-state index in [0.717, 1.165) is 34.0 Å². The first-order valence-electron chi connectivity index (χ1n) is 16.9. The molecular formula is C44H40N4O. The molecule has 0 amide bonds. The molecule has 8 rings (SSSR count). The van der Waals surface area contributed by atoms with Crippen LogP contribution in [-0.4, -0.2) is 24.7 Å². The Morgan fingerprint density at radius 1 is 0.592 bits per heavy atom. The third-order valence-corrected chi connectivity index (χ3v) is 10.1. The van der Waals surface area contributed by atoms with Crippen LogP contribution in [0.5, 0.6) is 5.75 Å². The van der Waals surface area contributed by atoms with E-state index in [1.165, 1.54) is 33.4 Å². The number of phenolic OH excluding ortho intramolecular Hbond substituents is 1. The smallest absolute Gasteiger partial charge is 0.168 e. The first-order valence-corrected chi connectivity index (χ1v) is 16.9. The van der Waals surface area contributed by atoms with Gasteiger partial charge >= 0.3 is 0 Å². The normalized spacial score (nSPS) is 13.8. The molecule has 0 fully saturated rings. The third kappa shape index (κ3) is 4.87. The zero-order valence-corrected chi connectivity index (χ0v) is 28.9. The van der Waals surface area contributed by atoms with E-state index >= 15 is 0 Å². The molecule has 3 aromatic heterocycles. The molecule has 0 bridgehead atoms. The van der Waals surface area contributed by atoms with Crippen molar-refractivity contribution in [3.63, 3.8) is 0 Å². The van der Waals surface area contributed by atoms with Crippen LogP contribution in [0.4, 0.5) is 0 Å². The molecule has 0 saturated carbocycles. The largest absolute Gasteiger partial charge is 0.507 e. The molecule has 0 aliphatic heterocycles. The fourth-order valence-electron chi connectivity index (χ4n) is 7.41. The number of hydrogen-bond acceptors (Lipinski definition) is 4. The van der Waals surface area contributed by atoms with Crippen LogP contribution in [0, 0.1) is 0 Å². The standard InChI is InChI=1S/C44H40N4O/c1-42(2,3)29-20-22-32-33-23-21-30(43(4,5)6)27-36(33)44(35(32)26-29,39-18-12-16-37(45-39)34-15-7-8-17-38(34)49)31-14-11-13-28(25-31)41-47-46-40-19-9-10-24-48(40)41/h7-27,49H,1-6H3. The Bertz CT molecular complexity index is 2320. The monoisotopic (exact) mass is 640 g/mol. The molecule has 1 aliphatic carbocycles. The summed E-state index contributed by atoms with van der Waals surface area (Å²) in [6.07, 6.45) is 2.01. The van der Waals surface area contributed by atoms with E-state index in [1.807, 2.05) is 53.1 Å². The van der Waals surface area contributed by atoms with Crippen LogP contribution in [0.15, 0.2) is 128 Å². The summed E-state index contributed by atoms with van der Waals surface area (Å²) in [6, 6.07) is 42.3. The van der Waals surface area contributed by atoms with Crippen molar-refractivity contribution in [2.75, 3.05) is 0 Å². The molecule has 3 heterocycles. The van der Waals surface area contributed by atoms with Crippen LogP contribution in [-0.2, 0) is 16.2 Å². The van der Waals surface area contributed by atoms with E-state index in [4.69, 9.17) is 4.98 Å². The molecule has 0 unspecified atom stereocenters. The number of benzene rings is 4. The van der Waals surface area contributed by atoms with Gasteiger partial charge in [0.1, 0.15) is 5.75 Å². The van der Waals surface area contributed by atoms with Gasteiger partial charge in [0.15, 0.2) is 11.5 Å². The van der Waals surface area contributed by atoms with E-state index in [2.05, 4.69) is 125 Å². The Morgan fingerprint density at radius 2 is 1.24 bits per heavy atom. The second-order valence-electron chi connectivity index (χ2n) is 15.2. The van der Waals surface area contributed by atoms with E-state index in [-0.39, 0.29) is 16.6 Å². The Balaban J connectivity index is 1.50. The molecular weight excluding hydrogens is 601 g/mol. The Hall–Kier alpha value is -5.55. The molecule has 4 aromatic carbocycles. The zero-order valence-electron chi connectivity index (χ0n) is 28.9. The molecule has 1 aliphatic rings. The lowest BCUT2D eigenvalue weighted by Gasteiger charge is -2.35. The average Bonchev–Trinajstić information content (AvgIpc) is 3.65. The first kappa shape index (κ1) is 30.8. The topological polar surface area (TPSA) is 63.3 Å². The summed E-state index contributed by atoms with van der Waals surface area (Å²) in [5, 5.41) is 20.1. The van der Waals surface area contributed by atoms with Gasteiger partial charge in [0.25, 0.3) is 0 Å². The summed E-state index contributed by atoms with van der Waals surface area (Å²) in [7, 11) is 0. The van der Waals surface area contributed by atoms with Crippen molar-refractivity contribution >= 4 is 5.65 Å². The van der Waals surface area contributed by atoms with Crippen LogP contribution in [0.25, 0.3) is 39.4 Å². The van der Waals surface area contributed by atoms with Gasteiger partial charge in [-0.05, 0) is 92.2 Å². The van der Waals surface area contributed by atoms with Gasteiger partial charge in [-0.25, -0.2) is 0 Å². The first-order chi connectivity index (χ1) is 23.5. The SMILES string of the molecule is CC(C)(C)c1ccc2c(c1)C(c1cccc(-c3nnc4ccccn34)c1)(c1cccc(-c3ccccc3O)n1)c1cc(C(C)(C)C)ccc1-2. The second kappa shape index (κ2) is 11.0. The number of aromatic hydroxyl groups is 1. The number of fused-ring (bicyclic) bond motifs is 4. The van der Waals surface area contributed by atoms with Crippen molar-refractivity contribution in [1.82, 2.24) is 19.6 Å². The zero-order chi connectivity index (χ0) is 34.1. The van der Waals surface area contributed by atoms with Crippen molar-refractivity contribution in [2.24, 2.45) is 0 Å². The quantitative estimate of drug-likeness (QED) is 0.208. The lowest BCUT2D eigenvalue weighted by molar-refractivity contribution is 0.477. The third-order valence-electron chi connectivity index (χ3n) is 10.1. The fourth-order valence-corrected chi connectivity index (χ4v) is 7.41. The van der Waals surface area contributed by atoms with Crippen LogP contribution in [0.2, 0.25) is 0 Å². The number of hydrogen-bond donors (Lipinski definition) is 1. The Morgan fingerprint density at radius 3 is 1.92 bits per heavy atom. The van der Waals surface area contributed by atoms with Gasteiger partial charge in [0, 0.05) is 17.3 Å². The highest BCUT2D eigenvalue weighted by molar-refractivity contribution is 5.87. The predicted octanol–water partition coefficient (Wildman–Crippen LogP) is 10.1. The molecule has 7 aromatic rings. The number of nitrogens with zero attached hydrogens (tertiary/aromatic N) is 4. The Labute approximate surface area is 288 Å². The molecule has 0 spiro atoms. The highest BCUT2D eigenvalue weighted by Gasteiger charge is 2.48. The number of pyridine rings is 2. The number of phenols is 1. The summed E-state index contributed by atoms with van der Waals surface area (Å²) in [5.41, 5.74) is 11.6. The Kier molecular flexibility index (Phi) is 6.90. The van der Waals surface area contributed by atoms with E-state index < -0.39 is 5.41 Å². The molecule has 0 radical (unpaired) electrons. The van der Waals surface area contributed by atoms with E-state index in [0.29, 0.717) is 5.56 Å². The van der Waals surface area contributed by atoms with Gasteiger partial charge in [0.2, 0.25) is 0 Å². The lowest BCUT2D eigenvalue weighted by atomic mass is 9.68. The van der Waals surface area contributed by atoms with Crippen molar-refractivity contribution in [2.45, 2.75) is 57.8 Å². The van der Waals surface area contributed by atoms with E-state index in [9.17, 15) is 5.11 Å². The maximum absolute atomic E-state index is 10.9. The van der Waals surface area contributed by atoms with Crippen molar-refractivity contribution in [1.29, 1.82) is 0 Å². The molecule has 1 N–H and O–H groups in total. The number of aromatic nitrogens is 4. The molecule has 49 heavy (non-hydrogen) atoms. The van der Waals surface area contributed by atoms with Gasteiger partial charge in [0.05, 0.1) is 16.8 Å². The van der Waals surface area contributed by atoms with Crippen LogP contribution >= 0.6 is 0 Å². The van der Waals surface area contributed by atoms with Crippen molar-refractivity contribution < 1.29 is 5.11 Å². The minimum Gasteiger partial charge on any atom is -0.507 e. The fraction of sp³-hybridized carbons (Fsp3) is 0.205. The predicted molar refractivity (Wildman–Crippen MR) is 198 cm³/mol. The van der Waals surface area contributed by atoms with Gasteiger partial charge in [-0.1, -0.05) is 120 Å². The number of rotatable bonds is 4. The lowest BCUT2D eigenvalue weighted by Crippen LogP contribution is -2.31. The molecule has 5 nitrogen and oxygen atoms in total. The molecule has 242 valence electrons. The maximum atomic E-state index is 10.9. The van der Waals surface area contributed by atoms with Crippen LogP contribution in [0.3, 0.4) is 0 Å². The van der Waals surface area contributed by atoms with Gasteiger partial charge < -0.3 is 5.11 Å². The molecule has 0 atom stereocenters. The average molecular weight is 641 g/mol. The summed E-state index contributed by atoms with van der Waals surface area (Å²) >= 11 is 0. The second-order valence-corrected chi connectivity index (χ2v) is 15.2. The van der Waals surface area contributed by atoms with Crippen LogP contribution in [0.1, 0.15) is 75.1 Å². The summed E-state index contributed by atoms with van der Waals surface area (Å²) in [6.45, 7) is 13.6. The van der Waals surface area contributed by atoms with E-state index in [1.54, 1.807) is 6.07 Å². The van der Waals surface area contributed by atoms with Gasteiger partial charge in [-0.2, -0.15) is 0 Å². The summed E-state index contributed by atoms with van der Waals surface area (Å²) in [5.74, 6) is 0.994. The molecule has 0 saturated heterocycles. The minimum atomic E-state index is -0.774. The summed E-state index contributed by atoms with van der Waals surface area (Å²) < 4.78 is 2.04. The maximum Gasteiger partial charge on any atom is 0.168 e. The number of para-hydroxylation sites is 1. The summed E-state index contributed by atoms with van der Waals surface area (Å²) in [4.78, 5) is 5.47. The van der Waals surface area contributed by atoms with Crippen LogP contribution < -0.4 is 0 Å². The highest BCUT2D eigenvalue weighted by atomic mass is 16.3. The minimum absolute atomic E-state index is 0.0699.